The van der Waals surface area contributed by atoms with Crippen molar-refractivity contribution in [2.24, 2.45) is 0 Å². The molecule has 2 N–H and O–H groups in total. The van der Waals surface area contributed by atoms with Crippen LogP contribution < -0.4 is 10.6 Å². The highest BCUT2D eigenvalue weighted by atomic mass is 15.2. The molecule has 0 amide bonds. The largest absolute Gasteiger partial charge is 0.399 e. The van der Waals surface area contributed by atoms with Crippen LogP contribution in [0.1, 0.15) is 18.2 Å². The van der Waals surface area contributed by atoms with Crippen LogP contribution in [0.4, 0.5) is 11.5 Å². The second-order valence-electron chi connectivity index (χ2n) is 4.13. The molecular weight excluding hydrogens is 238 g/mol. The van der Waals surface area contributed by atoms with Crippen LogP contribution in [0.2, 0.25) is 0 Å². The summed E-state index contributed by atoms with van der Waals surface area (Å²) in [7, 11) is 0. The third-order valence-corrected chi connectivity index (χ3v) is 2.78. The quantitative estimate of drug-likeness (QED) is 0.842. The molecule has 5 heteroatoms. The average molecular weight is 253 g/mol. The van der Waals surface area contributed by atoms with Gasteiger partial charge >= 0.3 is 0 Å². The molecule has 1 aromatic carbocycles. The lowest BCUT2D eigenvalue weighted by atomic mass is 10.2. The van der Waals surface area contributed by atoms with Crippen LogP contribution in [0.5, 0.6) is 0 Å². The van der Waals surface area contributed by atoms with Crippen molar-refractivity contribution in [1.82, 2.24) is 9.97 Å². The fraction of sp³-hybridized carbons (Fsp3) is 0.214. The summed E-state index contributed by atoms with van der Waals surface area (Å²) in [6.07, 6.45) is 3.10. The molecule has 0 fully saturated rings. The number of anilines is 2. The maximum atomic E-state index is 8.71. The van der Waals surface area contributed by atoms with Crippen LogP contribution in [0, 0.1) is 11.3 Å². The van der Waals surface area contributed by atoms with E-state index in [1.165, 1.54) is 6.20 Å². The lowest BCUT2D eigenvalue weighted by molar-refractivity contribution is 0.808. The van der Waals surface area contributed by atoms with Crippen molar-refractivity contribution in [3.05, 3.63) is 47.9 Å². The van der Waals surface area contributed by atoms with Gasteiger partial charge in [-0.05, 0) is 24.6 Å². The monoisotopic (exact) mass is 253 g/mol. The summed E-state index contributed by atoms with van der Waals surface area (Å²) in [4.78, 5) is 10.4. The van der Waals surface area contributed by atoms with Crippen LogP contribution in [0.25, 0.3) is 0 Å². The van der Waals surface area contributed by atoms with E-state index in [1.54, 1.807) is 6.20 Å². The zero-order valence-electron chi connectivity index (χ0n) is 10.7. The van der Waals surface area contributed by atoms with Gasteiger partial charge in [-0.1, -0.05) is 12.1 Å². The highest BCUT2D eigenvalue weighted by molar-refractivity contribution is 5.43. The molecule has 5 nitrogen and oxygen atoms in total. The third-order valence-electron chi connectivity index (χ3n) is 2.78. The standard InChI is InChI=1S/C14H15N5/c1-2-19(10-11-4-3-5-12(16)6-11)14-9-17-13(7-15)8-18-14/h3-6,8-9H,2,10,16H2,1H3. The Kier molecular flexibility index (Phi) is 3.94. The molecule has 96 valence electrons. The van der Waals surface area contributed by atoms with Crippen LogP contribution in [0.15, 0.2) is 36.7 Å². The molecule has 1 aromatic heterocycles. The molecule has 0 saturated carbocycles. The number of nitriles is 1. The van der Waals surface area contributed by atoms with E-state index < -0.39 is 0 Å². The first kappa shape index (κ1) is 12.8. The maximum absolute atomic E-state index is 8.71. The molecule has 2 rings (SSSR count). The van der Waals surface area contributed by atoms with Gasteiger partial charge in [0.2, 0.25) is 0 Å². The Hall–Kier alpha value is -2.61. The Morgan fingerprint density at radius 3 is 2.74 bits per heavy atom. The van der Waals surface area contributed by atoms with Gasteiger partial charge in [0.1, 0.15) is 11.9 Å². The molecule has 19 heavy (non-hydrogen) atoms. The van der Waals surface area contributed by atoms with E-state index in [4.69, 9.17) is 11.0 Å². The van der Waals surface area contributed by atoms with E-state index in [0.29, 0.717) is 12.2 Å². The number of nitrogens with two attached hydrogens (primary N) is 1. The van der Waals surface area contributed by atoms with Crippen LogP contribution in [-0.2, 0) is 6.54 Å². The summed E-state index contributed by atoms with van der Waals surface area (Å²) in [5.74, 6) is 0.754. The van der Waals surface area contributed by atoms with Crippen molar-refractivity contribution in [3.8, 4) is 6.07 Å². The van der Waals surface area contributed by atoms with Gasteiger partial charge in [0.25, 0.3) is 0 Å². The predicted molar refractivity (Wildman–Crippen MR) is 74.3 cm³/mol. The molecule has 0 aliphatic heterocycles. The number of nitrogen functional groups attached to an aromatic ring is 1. The summed E-state index contributed by atoms with van der Waals surface area (Å²) in [6, 6.07) is 9.72. The van der Waals surface area contributed by atoms with Crippen molar-refractivity contribution in [2.45, 2.75) is 13.5 Å². The Labute approximate surface area is 112 Å². The Morgan fingerprint density at radius 2 is 2.16 bits per heavy atom. The second-order valence-corrected chi connectivity index (χ2v) is 4.13. The number of hydrogen-bond donors (Lipinski definition) is 1. The first-order chi connectivity index (χ1) is 9.22. The van der Waals surface area contributed by atoms with Gasteiger partial charge in [0.05, 0.1) is 12.4 Å². The molecule has 0 atom stereocenters. The average Bonchev–Trinajstić information content (AvgIpc) is 2.45. The first-order valence-corrected chi connectivity index (χ1v) is 6.04. The summed E-state index contributed by atoms with van der Waals surface area (Å²) in [5.41, 5.74) is 7.96. The van der Waals surface area contributed by atoms with Crippen molar-refractivity contribution in [3.63, 3.8) is 0 Å². The molecule has 0 radical (unpaired) electrons. The van der Waals surface area contributed by atoms with Crippen LogP contribution >= 0.6 is 0 Å². The predicted octanol–water partition coefficient (Wildman–Crippen LogP) is 1.96. The smallest absolute Gasteiger partial charge is 0.158 e. The lowest BCUT2D eigenvalue weighted by Crippen LogP contribution is -2.23. The fourth-order valence-corrected chi connectivity index (χ4v) is 1.81. The highest BCUT2D eigenvalue weighted by Crippen LogP contribution is 2.15. The minimum Gasteiger partial charge on any atom is -0.399 e. The van der Waals surface area contributed by atoms with Gasteiger partial charge in [-0.15, -0.1) is 0 Å². The molecule has 0 bridgehead atoms. The fourth-order valence-electron chi connectivity index (χ4n) is 1.81. The van der Waals surface area contributed by atoms with Gasteiger partial charge in [-0.25, -0.2) is 9.97 Å². The molecule has 2 aromatic rings. The molecular formula is C14H15N5. The number of rotatable bonds is 4. The number of benzene rings is 1. The van der Waals surface area contributed by atoms with Crippen LogP contribution in [0.3, 0.4) is 0 Å². The zero-order chi connectivity index (χ0) is 13.7. The second kappa shape index (κ2) is 5.83. The third kappa shape index (κ3) is 3.19. The SMILES string of the molecule is CCN(Cc1cccc(N)c1)c1cnc(C#N)cn1. The number of hydrogen-bond acceptors (Lipinski definition) is 5. The molecule has 1 heterocycles. The van der Waals surface area contributed by atoms with E-state index in [-0.39, 0.29) is 0 Å². The Morgan fingerprint density at radius 1 is 1.32 bits per heavy atom. The number of aromatic nitrogens is 2. The molecule has 0 spiro atoms. The highest BCUT2D eigenvalue weighted by Gasteiger charge is 2.07. The van der Waals surface area contributed by atoms with Crippen molar-refractivity contribution in [1.29, 1.82) is 5.26 Å². The zero-order valence-corrected chi connectivity index (χ0v) is 10.7. The van der Waals surface area contributed by atoms with E-state index in [2.05, 4.69) is 14.9 Å². The summed E-state index contributed by atoms with van der Waals surface area (Å²) in [5, 5.41) is 8.71. The minimum atomic E-state index is 0.323. The normalized spacial score (nSPS) is 9.89. The topological polar surface area (TPSA) is 78.8 Å². The van der Waals surface area contributed by atoms with Gasteiger partial charge in [-0.3, -0.25) is 0 Å². The maximum Gasteiger partial charge on any atom is 0.158 e. The van der Waals surface area contributed by atoms with Gasteiger partial charge < -0.3 is 10.6 Å². The Bertz CT molecular complexity index is 586. The summed E-state index contributed by atoms with van der Waals surface area (Å²) >= 11 is 0. The van der Waals surface area contributed by atoms with Crippen molar-refractivity contribution >= 4 is 11.5 Å². The van der Waals surface area contributed by atoms with E-state index in [1.807, 2.05) is 37.3 Å². The van der Waals surface area contributed by atoms with E-state index >= 15 is 0 Å². The molecule has 0 saturated heterocycles. The number of nitrogens with zero attached hydrogens (tertiary/aromatic N) is 4. The minimum absolute atomic E-state index is 0.323. The van der Waals surface area contributed by atoms with E-state index in [0.717, 1.165) is 23.6 Å². The van der Waals surface area contributed by atoms with Gasteiger partial charge in [0, 0.05) is 18.8 Å². The van der Waals surface area contributed by atoms with Crippen LogP contribution in [-0.4, -0.2) is 16.5 Å². The van der Waals surface area contributed by atoms with Gasteiger partial charge in [-0.2, -0.15) is 5.26 Å². The van der Waals surface area contributed by atoms with E-state index in [9.17, 15) is 0 Å². The van der Waals surface area contributed by atoms with Crippen molar-refractivity contribution in [2.75, 3.05) is 17.2 Å². The molecule has 0 aliphatic carbocycles. The summed E-state index contributed by atoms with van der Waals surface area (Å²) in [6.45, 7) is 3.56. The molecule has 0 unspecified atom stereocenters. The molecule has 0 aliphatic rings. The van der Waals surface area contributed by atoms with Crippen molar-refractivity contribution < 1.29 is 0 Å². The lowest BCUT2D eigenvalue weighted by Gasteiger charge is -2.21. The Balaban J connectivity index is 2.18. The first-order valence-electron chi connectivity index (χ1n) is 6.04. The van der Waals surface area contributed by atoms with Gasteiger partial charge in [0.15, 0.2) is 5.69 Å². The summed E-state index contributed by atoms with van der Waals surface area (Å²) < 4.78 is 0.